The van der Waals surface area contributed by atoms with Crippen LogP contribution in [-0.4, -0.2) is 18.1 Å². The van der Waals surface area contributed by atoms with E-state index in [1.165, 1.54) is 0 Å². The van der Waals surface area contributed by atoms with Crippen molar-refractivity contribution in [3.63, 3.8) is 0 Å². The molecule has 1 aliphatic rings. The molecule has 1 saturated heterocycles. The highest BCUT2D eigenvalue weighted by Crippen LogP contribution is 2.23. The van der Waals surface area contributed by atoms with Gasteiger partial charge in [-0.15, -0.1) is 0 Å². The molecule has 0 radical (unpaired) electrons. The van der Waals surface area contributed by atoms with E-state index in [-0.39, 0.29) is 0 Å². The minimum Gasteiger partial charge on any atom is -0.397 e. The van der Waals surface area contributed by atoms with E-state index in [9.17, 15) is 0 Å². The number of hydrogen-bond acceptors (Lipinski definition) is 3. The van der Waals surface area contributed by atoms with Crippen LogP contribution in [0.4, 0.5) is 5.69 Å². The minimum atomic E-state index is -2.72. The molecule has 0 aliphatic carbocycles. The lowest BCUT2D eigenvalue weighted by Crippen LogP contribution is -2.25. The normalized spacial score (nSPS) is 40.4. The third kappa shape index (κ3) is 1.19. The molecule has 1 fully saturated rings. The van der Waals surface area contributed by atoms with E-state index in [0.717, 1.165) is 0 Å². The number of anilines is 1. The number of nitrogen functional groups attached to an aromatic ring is 1. The quantitative estimate of drug-likeness (QED) is 0.657. The van der Waals surface area contributed by atoms with Crippen molar-refractivity contribution in [1.82, 2.24) is 4.98 Å². The van der Waals surface area contributed by atoms with Crippen molar-refractivity contribution >= 4 is 5.69 Å². The SMILES string of the molecule is [2H]c1nc([2H])c(C2([2H])C([2H])([2H])OC2([2H])[2H])c([2H])c1N. The van der Waals surface area contributed by atoms with E-state index in [1.807, 2.05) is 0 Å². The van der Waals surface area contributed by atoms with Gasteiger partial charge in [0.2, 0.25) is 0 Å². The second-order valence-electron chi connectivity index (χ2n) is 1.93. The maximum Gasteiger partial charge on any atom is 0.0862 e. The lowest BCUT2D eigenvalue weighted by Gasteiger charge is -2.25. The Morgan fingerprint density at radius 2 is 2.64 bits per heavy atom. The minimum absolute atomic E-state index is 0.434. The van der Waals surface area contributed by atoms with Gasteiger partial charge in [-0.25, -0.2) is 0 Å². The first kappa shape index (κ1) is 2.20. The van der Waals surface area contributed by atoms with Crippen LogP contribution in [0.2, 0.25) is 0 Å². The Morgan fingerprint density at radius 3 is 3.36 bits per heavy atom. The fourth-order valence-electron chi connectivity index (χ4n) is 0.657. The highest BCUT2D eigenvalue weighted by molar-refractivity contribution is 5.38. The van der Waals surface area contributed by atoms with Gasteiger partial charge in [0.15, 0.2) is 0 Å². The Balaban J connectivity index is 2.75. The van der Waals surface area contributed by atoms with Gasteiger partial charge in [-0.1, -0.05) is 0 Å². The summed E-state index contributed by atoms with van der Waals surface area (Å²) in [4.78, 5) is 3.39. The van der Waals surface area contributed by atoms with Gasteiger partial charge >= 0.3 is 0 Å². The molecule has 1 aliphatic heterocycles. The largest absolute Gasteiger partial charge is 0.397 e. The molecule has 1 aromatic heterocycles. The summed E-state index contributed by atoms with van der Waals surface area (Å²) in [6, 6.07) is -0.643. The van der Waals surface area contributed by atoms with Crippen LogP contribution >= 0.6 is 0 Å². The van der Waals surface area contributed by atoms with E-state index < -0.39 is 48.7 Å². The van der Waals surface area contributed by atoms with Crippen LogP contribution in [0.1, 0.15) is 22.4 Å². The van der Waals surface area contributed by atoms with Crippen LogP contribution < -0.4 is 5.73 Å². The summed E-state index contributed by atoms with van der Waals surface area (Å²) in [5, 5.41) is 0. The van der Waals surface area contributed by atoms with Crippen molar-refractivity contribution in [1.29, 1.82) is 0 Å². The number of ether oxygens (including phenoxy) is 1. The molecular weight excluding hydrogens is 140 g/mol. The zero-order chi connectivity index (χ0) is 14.8. The molecule has 1 aromatic rings. The number of pyridine rings is 1. The van der Waals surface area contributed by atoms with Crippen LogP contribution in [-0.2, 0) is 4.74 Å². The molecule has 2 N–H and O–H groups in total. The second-order valence-corrected chi connectivity index (χ2v) is 1.93. The van der Waals surface area contributed by atoms with E-state index in [2.05, 4.69) is 9.72 Å². The van der Waals surface area contributed by atoms with Gasteiger partial charge in [0, 0.05) is 19.6 Å². The van der Waals surface area contributed by atoms with Crippen LogP contribution in [0.15, 0.2) is 18.4 Å². The first-order valence-corrected chi connectivity index (χ1v) is 2.89. The van der Waals surface area contributed by atoms with Crippen molar-refractivity contribution in [2.24, 2.45) is 0 Å². The predicted octanol–water partition coefficient (Wildman–Crippen LogP) is 0.778. The molecule has 0 aromatic carbocycles. The fourth-order valence-corrected chi connectivity index (χ4v) is 0.657. The number of hydrogen-bond donors (Lipinski definition) is 1. The molecule has 0 spiro atoms. The van der Waals surface area contributed by atoms with E-state index >= 15 is 0 Å². The van der Waals surface area contributed by atoms with Crippen LogP contribution in [0, 0.1) is 0 Å². The summed E-state index contributed by atoms with van der Waals surface area (Å²) in [5.41, 5.74) is 4.36. The third-order valence-corrected chi connectivity index (χ3v) is 1.16. The predicted molar refractivity (Wildman–Crippen MR) is 42.2 cm³/mol. The molecule has 11 heavy (non-hydrogen) atoms. The number of rotatable bonds is 1. The third-order valence-electron chi connectivity index (χ3n) is 1.16. The average Bonchev–Trinajstić information content (AvgIpc) is 2.24. The van der Waals surface area contributed by atoms with E-state index in [0.29, 0.717) is 0 Å². The van der Waals surface area contributed by atoms with Crippen molar-refractivity contribution in [3.8, 4) is 0 Å². The maximum atomic E-state index is 7.99. The number of aromatic nitrogens is 1. The van der Waals surface area contributed by atoms with E-state index in [1.54, 1.807) is 0 Å². The highest BCUT2D eigenvalue weighted by Gasteiger charge is 2.20. The second kappa shape index (κ2) is 2.51. The monoisotopic (exact) mass is 158 g/mol. The number of nitrogens with zero attached hydrogens (tertiary/aromatic N) is 1. The Kier molecular flexibility index (Phi) is 0.502. The van der Waals surface area contributed by atoms with Crippen LogP contribution in [0.3, 0.4) is 0 Å². The van der Waals surface area contributed by atoms with Crippen molar-refractivity contribution in [3.05, 3.63) is 24.0 Å². The smallest absolute Gasteiger partial charge is 0.0862 e. The van der Waals surface area contributed by atoms with Gasteiger partial charge in [-0.3, -0.25) is 4.98 Å². The van der Waals surface area contributed by atoms with Crippen LogP contribution in [0.5, 0.6) is 0 Å². The summed E-state index contributed by atoms with van der Waals surface area (Å²) >= 11 is 0. The molecule has 0 amide bonds. The molecule has 0 unspecified atom stereocenters. The first-order valence-electron chi connectivity index (χ1n) is 6.89. The first-order chi connectivity index (χ1) is 8.46. The summed E-state index contributed by atoms with van der Waals surface area (Å²) in [6.45, 7) is -5.44. The topological polar surface area (TPSA) is 48.1 Å². The zero-order valence-electron chi connectivity index (χ0n) is 13.4. The summed E-state index contributed by atoms with van der Waals surface area (Å²) in [5.74, 6) is -2.64. The molecule has 2 heterocycles. The summed E-state index contributed by atoms with van der Waals surface area (Å²) in [6.07, 6.45) is -1.26. The average molecular weight is 158 g/mol. The molecule has 3 nitrogen and oxygen atoms in total. The standard InChI is InChI=1S/C8H10N2O/c9-8-1-6(2-10-3-8)7-4-11-5-7/h1-3,7H,4-5,9H2/i1D,2D,3D,4D2,5D2,7D. The lowest BCUT2D eigenvalue weighted by molar-refractivity contribution is 0.00832. The van der Waals surface area contributed by atoms with Gasteiger partial charge in [0.1, 0.15) is 0 Å². The number of nitrogens with two attached hydrogens (primary N) is 1. The Bertz CT molecular complexity index is 546. The Labute approximate surface area is 76.4 Å². The van der Waals surface area contributed by atoms with Crippen molar-refractivity contribution in [2.75, 3.05) is 18.9 Å². The molecule has 3 heteroatoms. The molecular formula is C8H10N2O. The van der Waals surface area contributed by atoms with Gasteiger partial charge in [-0.05, 0) is 11.6 Å². The lowest BCUT2D eigenvalue weighted by atomic mass is 9.99. The summed E-state index contributed by atoms with van der Waals surface area (Å²) in [7, 11) is 0. The van der Waals surface area contributed by atoms with Gasteiger partial charge in [0.05, 0.1) is 28.4 Å². The Morgan fingerprint density at radius 1 is 1.82 bits per heavy atom. The molecule has 58 valence electrons. The van der Waals surface area contributed by atoms with Crippen LogP contribution in [0.25, 0.3) is 0 Å². The summed E-state index contributed by atoms with van der Waals surface area (Å²) < 4.78 is 64.8. The molecule has 0 saturated carbocycles. The van der Waals surface area contributed by atoms with E-state index in [4.69, 9.17) is 16.7 Å². The van der Waals surface area contributed by atoms with Gasteiger partial charge < -0.3 is 10.5 Å². The highest BCUT2D eigenvalue weighted by atomic mass is 16.5. The molecule has 0 bridgehead atoms. The van der Waals surface area contributed by atoms with Gasteiger partial charge in [0.25, 0.3) is 0 Å². The maximum absolute atomic E-state index is 7.99. The van der Waals surface area contributed by atoms with Crippen molar-refractivity contribution in [2.45, 2.75) is 5.89 Å². The molecule has 2 rings (SSSR count). The fraction of sp³-hybridized carbons (Fsp3) is 0.375. The zero-order valence-corrected chi connectivity index (χ0v) is 5.43. The Hall–Kier alpha value is -1.09. The van der Waals surface area contributed by atoms with Gasteiger partial charge in [-0.2, -0.15) is 0 Å². The van der Waals surface area contributed by atoms with Crippen molar-refractivity contribution < 1.29 is 15.7 Å². The molecule has 0 atom stereocenters.